The summed E-state index contributed by atoms with van der Waals surface area (Å²) in [7, 11) is -0.441. The fraction of sp³-hybridized carbons (Fsp3) is 0.733. The van der Waals surface area contributed by atoms with Crippen LogP contribution in [0.25, 0.3) is 0 Å². The molecule has 0 radical (unpaired) electrons. The molecule has 1 N–H and O–H groups in total. The van der Waals surface area contributed by atoms with E-state index in [1.807, 2.05) is 0 Å². The standard InChI is InChI=1S/C15H22N2O3S/c1-17(2)21(18,19)12-6-5-11(20-12)8-16-15-13-9-3-4-10(7-9)14(13)15/h5-6,9-10,13-16H,3-4,7-8H2,1-2H3. The van der Waals surface area contributed by atoms with Gasteiger partial charge in [-0.3, -0.25) is 0 Å². The van der Waals surface area contributed by atoms with Crippen molar-refractivity contribution in [1.29, 1.82) is 0 Å². The van der Waals surface area contributed by atoms with Crippen LogP contribution >= 0.6 is 0 Å². The first-order chi connectivity index (χ1) is 9.98. The van der Waals surface area contributed by atoms with Gasteiger partial charge in [0.2, 0.25) is 5.09 Å². The molecule has 3 fully saturated rings. The van der Waals surface area contributed by atoms with Crippen LogP contribution in [0.2, 0.25) is 0 Å². The molecule has 4 rings (SSSR count). The van der Waals surface area contributed by atoms with Crippen molar-refractivity contribution < 1.29 is 12.8 Å². The summed E-state index contributed by atoms with van der Waals surface area (Å²) in [5.74, 6) is 4.35. The van der Waals surface area contributed by atoms with E-state index in [-0.39, 0.29) is 5.09 Å². The van der Waals surface area contributed by atoms with Crippen molar-refractivity contribution in [2.75, 3.05) is 14.1 Å². The van der Waals surface area contributed by atoms with Crippen molar-refractivity contribution in [2.24, 2.45) is 23.7 Å². The lowest BCUT2D eigenvalue weighted by molar-refractivity contribution is 0.378. The largest absolute Gasteiger partial charge is 0.447 e. The quantitative estimate of drug-likeness (QED) is 0.898. The molecule has 1 aromatic heterocycles. The zero-order chi connectivity index (χ0) is 14.8. The smallest absolute Gasteiger partial charge is 0.275 e. The normalized spacial score (nSPS) is 37.2. The topological polar surface area (TPSA) is 62.6 Å². The van der Waals surface area contributed by atoms with E-state index in [2.05, 4.69) is 5.32 Å². The van der Waals surface area contributed by atoms with E-state index in [1.54, 1.807) is 12.1 Å². The Kier molecular flexibility index (Phi) is 3.00. The summed E-state index contributed by atoms with van der Waals surface area (Å²) in [6.07, 6.45) is 4.27. The SMILES string of the molecule is CN(C)S(=O)(=O)c1ccc(CNC2C3C4CCC(C4)C23)o1. The van der Waals surface area contributed by atoms with E-state index in [0.717, 1.165) is 23.7 Å². The van der Waals surface area contributed by atoms with E-state index >= 15 is 0 Å². The Morgan fingerprint density at radius 1 is 1.24 bits per heavy atom. The predicted octanol–water partition coefficient (Wildman–Crippen LogP) is 1.66. The van der Waals surface area contributed by atoms with Gasteiger partial charge in [0.15, 0.2) is 0 Å². The molecule has 6 heteroatoms. The van der Waals surface area contributed by atoms with Crippen LogP contribution in [0.5, 0.6) is 0 Å². The van der Waals surface area contributed by atoms with Crippen molar-refractivity contribution in [1.82, 2.24) is 9.62 Å². The minimum atomic E-state index is -3.46. The molecule has 0 spiro atoms. The summed E-state index contributed by atoms with van der Waals surface area (Å²) in [6, 6.07) is 3.94. The minimum Gasteiger partial charge on any atom is -0.447 e. The van der Waals surface area contributed by atoms with Gasteiger partial charge in [0.1, 0.15) is 5.76 Å². The average molecular weight is 310 g/mol. The Morgan fingerprint density at radius 2 is 1.90 bits per heavy atom. The van der Waals surface area contributed by atoms with Crippen LogP contribution in [-0.2, 0) is 16.6 Å². The molecule has 0 saturated heterocycles. The Morgan fingerprint density at radius 3 is 2.52 bits per heavy atom. The van der Waals surface area contributed by atoms with Gasteiger partial charge in [-0.1, -0.05) is 0 Å². The van der Waals surface area contributed by atoms with Crippen molar-refractivity contribution in [3.8, 4) is 0 Å². The van der Waals surface area contributed by atoms with Gasteiger partial charge >= 0.3 is 0 Å². The second kappa shape index (κ2) is 4.57. The molecule has 21 heavy (non-hydrogen) atoms. The summed E-state index contributed by atoms with van der Waals surface area (Å²) >= 11 is 0. The molecule has 0 amide bonds. The van der Waals surface area contributed by atoms with E-state index in [9.17, 15) is 8.42 Å². The van der Waals surface area contributed by atoms with Crippen LogP contribution in [0.1, 0.15) is 25.0 Å². The fourth-order valence-corrected chi connectivity index (χ4v) is 5.40. The lowest BCUT2D eigenvalue weighted by Crippen LogP contribution is -2.22. The first-order valence-corrected chi connectivity index (χ1v) is 9.17. The predicted molar refractivity (Wildman–Crippen MR) is 78.0 cm³/mol. The highest BCUT2D eigenvalue weighted by atomic mass is 32.2. The lowest BCUT2D eigenvalue weighted by Gasteiger charge is -2.10. The molecule has 3 aliphatic carbocycles. The fourth-order valence-electron chi connectivity index (χ4n) is 4.59. The maximum atomic E-state index is 12.0. The van der Waals surface area contributed by atoms with Crippen molar-refractivity contribution in [3.63, 3.8) is 0 Å². The van der Waals surface area contributed by atoms with Gasteiger partial charge in [0, 0.05) is 20.1 Å². The molecule has 4 unspecified atom stereocenters. The molecule has 1 aromatic rings. The minimum absolute atomic E-state index is 0.0281. The van der Waals surface area contributed by atoms with Crippen LogP contribution in [0.4, 0.5) is 0 Å². The average Bonchev–Trinajstić information content (AvgIpc) is 2.88. The van der Waals surface area contributed by atoms with Crippen LogP contribution < -0.4 is 5.32 Å². The molecule has 5 nitrogen and oxygen atoms in total. The van der Waals surface area contributed by atoms with Gasteiger partial charge in [-0.25, -0.2) is 12.7 Å². The van der Waals surface area contributed by atoms with Gasteiger partial charge < -0.3 is 9.73 Å². The molecule has 0 aromatic carbocycles. The van der Waals surface area contributed by atoms with Gasteiger partial charge in [-0.15, -0.1) is 0 Å². The van der Waals surface area contributed by atoms with Gasteiger partial charge in [0.05, 0.1) is 6.54 Å². The molecule has 0 aliphatic heterocycles. The molecule has 3 saturated carbocycles. The third-order valence-corrected chi connectivity index (χ3v) is 7.31. The Hall–Kier alpha value is -0.850. The number of sulfonamides is 1. The molecule has 3 aliphatic rings. The van der Waals surface area contributed by atoms with E-state index < -0.39 is 10.0 Å². The molecule has 1 heterocycles. The van der Waals surface area contributed by atoms with Crippen LogP contribution in [0.15, 0.2) is 21.6 Å². The number of fused-ring (bicyclic) bond motifs is 5. The Labute approximate surface area is 125 Å². The van der Waals surface area contributed by atoms with E-state index in [1.165, 1.54) is 37.7 Å². The third kappa shape index (κ3) is 2.07. The first-order valence-electron chi connectivity index (χ1n) is 7.73. The zero-order valence-corrected chi connectivity index (χ0v) is 13.3. The molecular weight excluding hydrogens is 288 g/mol. The number of furan rings is 1. The van der Waals surface area contributed by atoms with Crippen molar-refractivity contribution in [3.05, 3.63) is 17.9 Å². The second-order valence-corrected chi connectivity index (χ2v) is 8.99. The summed E-state index contributed by atoms with van der Waals surface area (Å²) in [5, 5.41) is 3.60. The van der Waals surface area contributed by atoms with Gasteiger partial charge in [-0.05, 0) is 55.1 Å². The maximum Gasteiger partial charge on any atom is 0.275 e. The van der Waals surface area contributed by atoms with Crippen LogP contribution in [0.3, 0.4) is 0 Å². The summed E-state index contributed by atoms with van der Waals surface area (Å²) in [5.41, 5.74) is 0. The van der Waals surface area contributed by atoms with Gasteiger partial charge in [-0.2, -0.15) is 0 Å². The number of nitrogens with zero attached hydrogens (tertiary/aromatic N) is 1. The number of hydrogen-bond acceptors (Lipinski definition) is 4. The highest BCUT2D eigenvalue weighted by molar-refractivity contribution is 7.88. The molecular formula is C15H22N2O3S. The van der Waals surface area contributed by atoms with Crippen LogP contribution in [-0.4, -0.2) is 32.9 Å². The summed E-state index contributed by atoms with van der Waals surface area (Å²) < 4.78 is 30.6. The highest BCUT2D eigenvalue weighted by Gasteiger charge is 2.64. The lowest BCUT2D eigenvalue weighted by atomic mass is 10.0. The molecule has 116 valence electrons. The van der Waals surface area contributed by atoms with E-state index in [0.29, 0.717) is 18.3 Å². The van der Waals surface area contributed by atoms with Crippen LogP contribution in [0, 0.1) is 23.7 Å². The second-order valence-electron chi connectivity index (χ2n) is 6.90. The zero-order valence-electron chi connectivity index (χ0n) is 12.5. The molecule has 4 atom stereocenters. The van der Waals surface area contributed by atoms with Crippen molar-refractivity contribution >= 4 is 10.0 Å². The Bertz CT molecular complexity index is 636. The molecule has 2 bridgehead atoms. The van der Waals surface area contributed by atoms with Gasteiger partial charge in [0.25, 0.3) is 10.0 Å². The highest BCUT2D eigenvalue weighted by Crippen LogP contribution is 2.65. The van der Waals surface area contributed by atoms with Crippen molar-refractivity contribution in [2.45, 2.75) is 36.9 Å². The van der Waals surface area contributed by atoms with E-state index in [4.69, 9.17) is 4.42 Å². The maximum absolute atomic E-state index is 12.0. The number of rotatable bonds is 5. The third-order valence-electron chi connectivity index (χ3n) is 5.62. The number of hydrogen-bond donors (Lipinski definition) is 1. The summed E-state index contributed by atoms with van der Waals surface area (Å²) in [4.78, 5) is 0. The monoisotopic (exact) mass is 310 g/mol. The number of nitrogens with one attached hydrogen (secondary N) is 1. The Balaban J connectivity index is 1.38. The first kappa shape index (κ1) is 13.8. The summed E-state index contributed by atoms with van der Waals surface area (Å²) in [6.45, 7) is 0.625.